The molecular weight excluding hydrogens is 328 g/mol. The molecule has 0 radical (unpaired) electrons. The molecule has 0 amide bonds. The monoisotopic (exact) mass is 351 g/mol. The molecule has 0 saturated heterocycles. The number of anilines is 1. The van der Waals surface area contributed by atoms with Crippen LogP contribution in [-0.2, 0) is 0 Å². The van der Waals surface area contributed by atoms with Gasteiger partial charge >= 0.3 is 0 Å². The largest absolute Gasteiger partial charge is 0.361 e. The van der Waals surface area contributed by atoms with Gasteiger partial charge < -0.3 is 5.32 Å². The Hall–Kier alpha value is -3.39. The van der Waals surface area contributed by atoms with Crippen molar-refractivity contribution in [3.63, 3.8) is 0 Å². The van der Waals surface area contributed by atoms with Crippen LogP contribution in [0.4, 0.5) is 11.4 Å². The van der Waals surface area contributed by atoms with Crippen LogP contribution < -0.4 is 10.3 Å². The zero-order valence-electron chi connectivity index (χ0n) is 15.2. The second kappa shape index (κ2) is 8.33. The minimum absolute atomic E-state index is 1.03. The van der Waals surface area contributed by atoms with Gasteiger partial charge in [0.15, 0.2) is 6.21 Å². The van der Waals surface area contributed by atoms with Crippen molar-refractivity contribution in [1.29, 1.82) is 0 Å². The molecule has 2 N–H and O–H groups in total. The molecule has 0 aromatic heterocycles. The fourth-order valence-electron chi connectivity index (χ4n) is 3.40. The van der Waals surface area contributed by atoms with Crippen molar-refractivity contribution in [1.82, 2.24) is 0 Å². The lowest BCUT2D eigenvalue weighted by molar-refractivity contribution is -0.347. The van der Waals surface area contributed by atoms with E-state index in [0.717, 1.165) is 24.2 Å². The van der Waals surface area contributed by atoms with Gasteiger partial charge in [0.1, 0.15) is 0 Å². The first-order valence-electron chi connectivity index (χ1n) is 9.34. The van der Waals surface area contributed by atoms with Gasteiger partial charge in [0.2, 0.25) is 5.69 Å². The third-order valence-electron chi connectivity index (χ3n) is 4.74. The van der Waals surface area contributed by atoms with Crippen molar-refractivity contribution in [2.24, 2.45) is 0 Å². The molecule has 0 saturated carbocycles. The summed E-state index contributed by atoms with van der Waals surface area (Å²) in [6, 6.07) is 31.2. The van der Waals surface area contributed by atoms with E-state index in [9.17, 15) is 0 Å². The van der Waals surface area contributed by atoms with E-state index in [2.05, 4.69) is 77.3 Å². The van der Waals surface area contributed by atoms with Crippen molar-refractivity contribution >= 4 is 23.2 Å². The Kier molecular flexibility index (Phi) is 5.26. The van der Waals surface area contributed by atoms with Crippen molar-refractivity contribution < 1.29 is 4.99 Å². The van der Waals surface area contributed by atoms with Gasteiger partial charge in [-0.1, -0.05) is 66.7 Å². The molecule has 4 rings (SSSR count). The first-order valence-corrected chi connectivity index (χ1v) is 9.34. The fourth-order valence-corrected chi connectivity index (χ4v) is 3.40. The molecular formula is C25H23N2+. The minimum Gasteiger partial charge on any atom is -0.361 e. The van der Waals surface area contributed by atoms with Crippen LogP contribution in [0, 0.1) is 0 Å². The smallest absolute Gasteiger partial charge is 0.203 e. The van der Waals surface area contributed by atoms with Crippen LogP contribution in [0.3, 0.4) is 0 Å². The van der Waals surface area contributed by atoms with Gasteiger partial charge in [-0.05, 0) is 41.7 Å². The summed E-state index contributed by atoms with van der Waals surface area (Å²) >= 11 is 0. The predicted molar refractivity (Wildman–Crippen MR) is 114 cm³/mol. The second-order valence-corrected chi connectivity index (χ2v) is 6.60. The van der Waals surface area contributed by atoms with Gasteiger partial charge in [-0.2, -0.15) is 0 Å². The Morgan fingerprint density at radius 1 is 0.704 bits per heavy atom. The number of hydrogen-bond acceptors (Lipinski definition) is 1. The molecule has 0 fully saturated rings. The topological polar surface area (TPSA) is 26.0 Å². The average Bonchev–Trinajstić information content (AvgIpc) is 3.16. The highest BCUT2D eigenvalue weighted by Gasteiger charge is 2.21. The Morgan fingerprint density at radius 3 is 2.04 bits per heavy atom. The fraction of sp³-hybridized carbons (Fsp3) is 0.0800. The maximum absolute atomic E-state index is 3.45. The van der Waals surface area contributed by atoms with Crippen molar-refractivity contribution in [3.8, 4) is 0 Å². The third kappa shape index (κ3) is 4.24. The maximum Gasteiger partial charge on any atom is 0.203 e. The first-order chi connectivity index (χ1) is 13.4. The summed E-state index contributed by atoms with van der Waals surface area (Å²) in [6.45, 7) is 0. The highest BCUT2D eigenvalue weighted by atomic mass is 14.8. The molecule has 3 aromatic carbocycles. The van der Waals surface area contributed by atoms with Crippen molar-refractivity contribution in [2.75, 3.05) is 5.32 Å². The van der Waals surface area contributed by atoms with Gasteiger partial charge in [-0.15, -0.1) is 0 Å². The summed E-state index contributed by atoms with van der Waals surface area (Å²) in [4.78, 5) is 3.45. The maximum atomic E-state index is 3.45. The van der Waals surface area contributed by atoms with Gasteiger partial charge in [0, 0.05) is 29.6 Å². The zero-order chi connectivity index (χ0) is 18.3. The second-order valence-electron chi connectivity index (χ2n) is 6.60. The van der Waals surface area contributed by atoms with Crippen LogP contribution in [0.2, 0.25) is 0 Å². The lowest BCUT2D eigenvalue weighted by Gasteiger charge is -2.08. The molecule has 2 heteroatoms. The molecule has 0 bridgehead atoms. The number of nitrogens with one attached hydrogen (secondary N) is 2. The molecule has 1 aliphatic carbocycles. The standard InChI is InChI=1S/C25H22N2/c1-4-10-20(11-5-1)25-21(18-26-23-12-6-2-7-13-23)16-17-22(25)19-27-24-14-8-3-9-15-24/h1-15,18-19,26H,16-17H2/p+1/b21-18+,27-19?. The van der Waals surface area contributed by atoms with Gasteiger partial charge in [-0.25, -0.2) is 4.99 Å². The highest BCUT2D eigenvalue weighted by Crippen LogP contribution is 2.37. The van der Waals surface area contributed by atoms with Gasteiger partial charge in [0.25, 0.3) is 0 Å². The molecule has 0 aliphatic heterocycles. The van der Waals surface area contributed by atoms with E-state index in [0.29, 0.717) is 0 Å². The van der Waals surface area contributed by atoms with E-state index in [1.807, 2.05) is 36.4 Å². The lowest BCUT2D eigenvalue weighted by Crippen LogP contribution is -2.61. The van der Waals surface area contributed by atoms with Crippen LogP contribution in [0.1, 0.15) is 18.4 Å². The number of hydrogen-bond donors (Lipinski definition) is 2. The summed E-state index contributed by atoms with van der Waals surface area (Å²) in [6.07, 6.45) is 6.38. The van der Waals surface area contributed by atoms with Crippen LogP contribution in [-0.4, -0.2) is 6.21 Å². The number of rotatable bonds is 5. The van der Waals surface area contributed by atoms with Crippen molar-refractivity contribution in [3.05, 3.63) is 114 Å². The summed E-state index contributed by atoms with van der Waals surface area (Å²) in [5.41, 5.74) is 7.48. The van der Waals surface area contributed by atoms with E-state index in [-0.39, 0.29) is 0 Å². The molecule has 0 heterocycles. The third-order valence-corrected chi connectivity index (χ3v) is 4.74. The molecule has 0 spiro atoms. The quantitative estimate of drug-likeness (QED) is 0.640. The summed E-state index contributed by atoms with van der Waals surface area (Å²) in [5, 5.41) is 3.45. The summed E-state index contributed by atoms with van der Waals surface area (Å²) in [5.74, 6) is 0. The average molecular weight is 351 g/mol. The molecule has 1 aliphatic rings. The predicted octanol–water partition coefficient (Wildman–Crippen LogP) is 4.71. The van der Waals surface area contributed by atoms with Gasteiger partial charge in [-0.3, -0.25) is 0 Å². The van der Waals surface area contributed by atoms with E-state index >= 15 is 0 Å². The molecule has 27 heavy (non-hydrogen) atoms. The highest BCUT2D eigenvalue weighted by molar-refractivity contribution is 5.97. The molecule has 0 unspecified atom stereocenters. The number of para-hydroxylation sites is 2. The molecule has 3 aromatic rings. The van der Waals surface area contributed by atoms with E-state index in [4.69, 9.17) is 0 Å². The molecule has 0 atom stereocenters. The van der Waals surface area contributed by atoms with Crippen LogP contribution in [0.15, 0.2) is 108 Å². The zero-order valence-corrected chi connectivity index (χ0v) is 15.2. The Labute approximate surface area is 160 Å². The molecule has 132 valence electrons. The Morgan fingerprint density at radius 2 is 1.33 bits per heavy atom. The van der Waals surface area contributed by atoms with Crippen LogP contribution in [0.5, 0.6) is 0 Å². The SMILES string of the molecule is C(=[NH+]c1ccccc1)C1=C(c2ccccc2)/C(=C/Nc2ccccc2)CC1. The van der Waals surface area contributed by atoms with Gasteiger partial charge in [0.05, 0.1) is 0 Å². The van der Waals surface area contributed by atoms with Crippen LogP contribution in [0.25, 0.3) is 5.57 Å². The van der Waals surface area contributed by atoms with Crippen molar-refractivity contribution in [2.45, 2.75) is 12.8 Å². The summed E-state index contributed by atoms with van der Waals surface area (Å²) < 4.78 is 0. The Balaban J connectivity index is 1.68. The molecule has 2 nitrogen and oxygen atoms in total. The summed E-state index contributed by atoms with van der Waals surface area (Å²) in [7, 11) is 0. The number of benzene rings is 3. The lowest BCUT2D eigenvalue weighted by atomic mass is 9.99. The normalized spacial score (nSPS) is 15.6. The Bertz CT molecular complexity index is 969. The minimum atomic E-state index is 1.03. The van der Waals surface area contributed by atoms with Crippen LogP contribution >= 0.6 is 0 Å². The van der Waals surface area contributed by atoms with E-state index in [1.54, 1.807) is 0 Å². The first kappa shape index (κ1) is 17.0. The van der Waals surface area contributed by atoms with E-state index < -0.39 is 0 Å². The van der Waals surface area contributed by atoms with E-state index in [1.165, 1.54) is 22.3 Å². The number of allylic oxidation sites excluding steroid dienone is 3.